The first-order chi connectivity index (χ1) is 14.0. The number of carbonyl (C=O) groups is 1. The Morgan fingerprint density at radius 2 is 1.97 bits per heavy atom. The molecule has 0 aliphatic carbocycles. The SMILES string of the molecule is O=C(NCCc1cccs1)C1CCCN(S(=O)(=O)N2CCC3(CC2)OCCO3)C1. The summed E-state index contributed by atoms with van der Waals surface area (Å²) in [6.45, 7) is 3.21. The Bertz CT molecular complexity index is 783. The Hall–Kier alpha value is -1.04. The molecule has 3 fully saturated rings. The van der Waals surface area contributed by atoms with Gasteiger partial charge in [-0.05, 0) is 30.7 Å². The van der Waals surface area contributed by atoms with Crippen LogP contribution in [0.3, 0.4) is 0 Å². The van der Waals surface area contributed by atoms with Gasteiger partial charge in [-0.25, -0.2) is 0 Å². The number of amides is 1. The predicted octanol–water partition coefficient (Wildman–Crippen LogP) is 1.20. The van der Waals surface area contributed by atoms with Gasteiger partial charge in [0.05, 0.1) is 19.1 Å². The van der Waals surface area contributed by atoms with E-state index in [-0.39, 0.29) is 18.4 Å². The first-order valence-electron chi connectivity index (χ1n) is 10.3. The summed E-state index contributed by atoms with van der Waals surface area (Å²) < 4.78 is 40.6. The smallest absolute Gasteiger partial charge is 0.282 e. The van der Waals surface area contributed by atoms with Gasteiger partial charge in [0.1, 0.15) is 0 Å². The molecule has 1 aromatic rings. The van der Waals surface area contributed by atoms with E-state index in [1.807, 2.05) is 11.4 Å². The fraction of sp³-hybridized carbons (Fsp3) is 0.737. The molecule has 29 heavy (non-hydrogen) atoms. The third-order valence-corrected chi connectivity index (χ3v) is 8.89. The van der Waals surface area contributed by atoms with Crippen LogP contribution >= 0.6 is 11.3 Å². The van der Waals surface area contributed by atoms with Crippen molar-refractivity contribution >= 4 is 27.5 Å². The van der Waals surface area contributed by atoms with Gasteiger partial charge in [-0.1, -0.05) is 6.07 Å². The fourth-order valence-corrected chi connectivity index (χ4v) is 6.69. The van der Waals surface area contributed by atoms with Crippen molar-refractivity contribution in [2.45, 2.75) is 37.9 Å². The Labute approximate surface area is 176 Å². The second-order valence-electron chi connectivity index (χ2n) is 7.83. The third kappa shape index (κ3) is 4.83. The minimum Gasteiger partial charge on any atom is -0.355 e. The van der Waals surface area contributed by atoms with Crippen LogP contribution in [0, 0.1) is 5.92 Å². The number of ether oxygens (including phenoxy) is 2. The first kappa shape index (κ1) is 21.2. The third-order valence-electron chi connectivity index (χ3n) is 5.96. The van der Waals surface area contributed by atoms with E-state index < -0.39 is 16.0 Å². The number of hydrogen-bond donors (Lipinski definition) is 1. The molecule has 1 aromatic heterocycles. The van der Waals surface area contributed by atoms with E-state index in [4.69, 9.17) is 9.47 Å². The molecule has 3 aliphatic rings. The van der Waals surface area contributed by atoms with E-state index >= 15 is 0 Å². The maximum Gasteiger partial charge on any atom is 0.282 e. The monoisotopic (exact) mass is 443 g/mol. The lowest BCUT2D eigenvalue weighted by atomic mass is 9.99. The van der Waals surface area contributed by atoms with Gasteiger partial charge >= 0.3 is 0 Å². The average molecular weight is 444 g/mol. The standard InChI is InChI=1S/C19H29N3O5S2/c23-18(20-8-5-17-4-2-14-28-17)16-3-1-9-22(15-16)29(24,25)21-10-6-19(7-11-21)26-12-13-27-19/h2,4,14,16H,1,3,5-13,15H2,(H,20,23). The largest absolute Gasteiger partial charge is 0.355 e. The molecular formula is C19H29N3O5S2. The molecular weight excluding hydrogens is 414 g/mol. The molecule has 1 N–H and O–H groups in total. The maximum absolute atomic E-state index is 13.1. The van der Waals surface area contributed by atoms with E-state index in [1.165, 1.54) is 13.5 Å². The Morgan fingerprint density at radius 3 is 2.66 bits per heavy atom. The Balaban J connectivity index is 1.29. The van der Waals surface area contributed by atoms with Crippen molar-refractivity contribution in [2.24, 2.45) is 5.92 Å². The molecule has 4 heterocycles. The zero-order chi connectivity index (χ0) is 20.3. The van der Waals surface area contributed by atoms with Crippen LogP contribution in [0.15, 0.2) is 17.5 Å². The molecule has 1 amide bonds. The van der Waals surface area contributed by atoms with E-state index in [2.05, 4.69) is 11.4 Å². The van der Waals surface area contributed by atoms with Crippen LogP contribution in [0.2, 0.25) is 0 Å². The highest BCUT2D eigenvalue weighted by molar-refractivity contribution is 7.86. The zero-order valence-corrected chi connectivity index (χ0v) is 18.2. The minimum atomic E-state index is -3.58. The van der Waals surface area contributed by atoms with Gasteiger partial charge in [0.2, 0.25) is 5.91 Å². The van der Waals surface area contributed by atoms with Crippen LogP contribution < -0.4 is 5.32 Å². The molecule has 0 aromatic carbocycles. The lowest BCUT2D eigenvalue weighted by molar-refractivity contribution is -0.179. The lowest BCUT2D eigenvalue weighted by Gasteiger charge is -2.40. The van der Waals surface area contributed by atoms with Gasteiger partial charge in [0.25, 0.3) is 10.2 Å². The Morgan fingerprint density at radius 1 is 1.21 bits per heavy atom. The van der Waals surface area contributed by atoms with Gasteiger partial charge in [0, 0.05) is 50.4 Å². The second kappa shape index (κ2) is 8.99. The van der Waals surface area contributed by atoms with E-state index in [0.717, 1.165) is 12.8 Å². The molecule has 0 radical (unpaired) electrons. The van der Waals surface area contributed by atoms with Gasteiger partial charge < -0.3 is 14.8 Å². The molecule has 8 nitrogen and oxygen atoms in total. The van der Waals surface area contributed by atoms with E-state index in [1.54, 1.807) is 11.3 Å². The summed E-state index contributed by atoms with van der Waals surface area (Å²) in [6.07, 6.45) is 3.32. The molecule has 162 valence electrons. The van der Waals surface area contributed by atoms with E-state index in [0.29, 0.717) is 58.7 Å². The summed E-state index contributed by atoms with van der Waals surface area (Å²) in [5.74, 6) is -0.940. The van der Waals surface area contributed by atoms with Gasteiger partial charge in [0.15, 0.2) is 5.79 Å². The number of piperidine rings is 2. The highest BCUT2D eigenvalue weighted by Crippen LogP contribution is 2.33. The highest BCUT2D eigenvalue weighted by atomic mass is 32.2. The number of carbonyl (C=O) groups excluding carboxylic acids is 1. The lowest BCUT2D eigenvalue weighted by Crippen LogP contribution is -2.54. The fourth-order valence-electron chi connectivity index (χ4n) is 4.28. The molecule has 3 saturated heterocycles. The first-order valence-corrected chi connectivity index (χ1v) is 12.6. The number of nitrogens with one attached hydrogen (secondary N) is 1. The topological polar surface area (TPSA) is 88.2 Å². The molecule has 1 unspecified atom stereocenters. The summed E-state index contributed by atoms with van der Waals surface area (Å²) in [5, 5.41) is 5.00. The molecule has 3 aliphatic heterocycles. The van der Waals surface area contributed by atoms with Crippen molar-refractivity contribution in [3.8, 4) is 0 Å². The predicted molar refractivity (Wildman–Crippen MR) is 110 cm³/mol. The summed E-state index contributed by atoms with van der Waals surface area (Å²) in [4.78, 5) is 13.8. The molecule has 1 spiro atoms. The van der Waals surface area contributed by atoms with Crippen LogP contribution in [0.5, 0.6) is 0 Å². The minimum absolute atomic E-state index is 0.0493. The van der Waals surface area contributed by atoms with Crippen molar-refractivity contribution in [1.29, 1.82) is 0 Å². The van der Waals surface area contributed by atoms with Crippen molar-refractivity contribution in [2.75, 3.05) is 45.9 Å². The van der Waals surface area contributed by atoms with Gasteiger partial charge in [-0.15, -0.1) is 11.3 Å². The van der Waals surface area contributed by atoms with Crippen molar-refractivity contribution in [1.82, 2.24) is 13.9 Å². The summed E-state index contributed by atoms with van der Waals surface area (Å²) in [5.41, 5.74) is 0. The second-order valence-corrected chi connectivity index (χ2v) is 10.8. The van der Waals surface area contributed by atoms with Crippen LogP contribution in [0.4, 0.5) is 0 Å². The summed E-state index contributed by atoms with van der Waals surface area (Å²) >= 11 is 1.67. The quantitative estimate of drug-likeness (QED) is 0.714. The Kier molecular flexibility index (Phi) is 6.57. The number of hydrogen-bond acceptors (Lipinski definition) is 6. The van der Waals surface area contributed by atoms with Gasteiger partial charge in [-0.3, -0.25) is 4.79 Å². The average Bonchev–Trinajstić information content (AvgIpc) is 3.41. The number of rotatable bonds is 6. The molecule has 4 rings (SSSR count). The normalized spacial score (nSPS) is 26.0. The van der Waals surface area contributed by atoms with Crippen molar-refractivity contribution < 1.29 is 22.7 Å². The van der Waals surface area contributed by atoms with Crippen LogP contribution in [-0.4, -0.2) is 74.7 Å². The highest BCUT2D eigenvalue weighted by Gasteiger charge is 2.44. The molecule has 10 heteroatoms. The maximum atomic E-state index is 13.1. The van der Waals surface area contributed by atoms with Crippen molar-refractivity contribution in [3.63, 3.8) is 0 Å². The summed E-state index contributed by atoms with van der Waals surface area (Å²) in [7, 11) is -3.58. The molecule has 0 bridgehead atoms. The van der Waals surface area contributed by atoms with Crippen LogP contribution in [-0.2, 0) is 30.9 Å². The number of thiophene rings is 1. The van der Waals surface area contributed by atoms with Crippen LogP contribution in [0.25, 0.3) is 0 Å². The summed E-state index contributed by atoms with van der Waals surface area (Å²) in [6, 6.07) is 4.05. The molecule has 0 saturated carbocycles. The van der Waals surface area contributed by atoms with E-state index in [9.17, 15) is 13.2 Å². The van der Waals surface area contributed by atoms with Gasteiger partial charge in [-0.2, -0.15) is 17.0 Å². The van der Waals surface area contributed by atoms with Crippen LogP contribution in [0.1, 0.15) is 30.6 Å². The molecule has 1 atom stereocenters. The van der Waals surface area contributed by atoms with Crippen molar-refractivity contribution in [3.05, 3.63) is 22.4 Å². The zero-order valence-electron chi connectivity index (χ0n) is 16.5. The number of nitrogens with zero attached hydrogens (tertiary/aromatic N) is 2.